The molecule has 5 nitrogen and oxygen atoms in total. The number of nitrogens with zero attached hydrogens (tertiary/aromatic N) is 4. The van der Waals surface area contributed by atoms with Gasteiger partial charge in [-0.1, -0.05) is 13.8 Å². The number of thiophene rings is 1. The van der Waals surface area contributed by atoms with Crippen LogP contribution in [0.5, 0.6) is 5.88 Å². The molecule has 0 radical (unpaired) electrons. The standard InChI is InChI=1S/C12H12N4OS.C2H6/c1-7-6-9(16(2)15-7)11-13-8-4-5-18-10(8)12(14-11)17-3;1-2/h4-6H,1-3H3;1-2H3. The second-order valence-corrected chi connectivity index (χ2v) is 4.90. The van der Waals surface area contributed by atoms with Crippen LogP contribution in [0.15, 0.2) is 17.5 Å². The number of rotatable bonds is 2. The minimum absolute atomic E-state index is 0.615. The van der Waals surface area contributed by atoms with E-state index in [1.165, 1.54) is 0 Å². The van der Waals surface area contributed by atoms with Crippen LogP contribution in [0.2, 0.25) is 0 Å². The SMILES string of the molecule is CC.COc1nc(-c2cc(C)nn2C)nc2ccsc12. The molecular weight excluding hydrogens is 272 g/mol. The van der Waals surface area contributed by atoms with E-state index >= 15 is 0 Å². The quantitative estimate of drug-likeness (QED) is 0.725. The summed E-state index contributed by atoms with van der Waals surface area (Å²) in [5.74, 6) is 1.25. The van der Waals surface area contributed by atoms with Crippen LogP contribution in [0.25, 0.3) is 21.7 Å². The summed E-state index contributed by atoms with van der Waals surface area (Å²) in [5.41, 5.74) is 2.74. The molecule has 3 rings (SSSR count). The molecule has 0 saturated heterocycles. The summed E-state index contributed by atoms with van der Waals surface area (Å²) in [6, 6.07) is 3.93. The smallest absolute Gasteiger partial charge is 0.235 e. The van der Waals surface area contributed by atoms with Gasteiger partial charge in [-0.2, -0.15) is 10.1 Å². The number of ether oxygens (including phenoxy) is 1. The maximum Gasteiger partial charge on any atom is 0.235 e. The van der Waals surface area contributed by atoms with E-state index in [-0.39, 0.29) is 0 Å². The van der Waals surface area contributed by atoms with Crippen molar-refractivity contribution in [2.24, 2.45) is 7.05 Å². The molecule has 106 valence electrons. The van der Waals surface area contributed by atoms with E-state index in [2.05, 4.69) is 15.1 Å². The van der Waals surface area contributed by atoms with E-state index in [1.807, 2.05) is 45.3 Å². The maximum absolute atomic E-state index is 5.32. The third kappa shape index (κ3) is 2.51. The lowest BCUT2D eigenvalue weighted by molar-refractivity contribution is 0.404. The van der Waals surface area contributed by atoms with Gasteiger partial charge in [-0.05, 0) is 24.4 Å². The molecule has 0 N–H and O–H groups in total. The topological polar surface area (TPSA) is 52.8 Å². The molecule has 0 aliphatic heterocycles. The van der Waals surface area contributed by atoms with E-state index in [9.17, 15) is 0 Å². The lowest BCUT2D eigenvalue weighted by atomic mass is 10.3. The number of fused-ring (bicyclic) bond motifs is 1. The summed E-state index contributed by atoms with van der Waals surface area (Å²) in [6.45, 7) is 5.95. The summed E-state index contributed by atoms with van der Waals surface area (Å²) in [5, 5.41) is 6.30. The monoisotopic (exact) mass is 290 g/mol. The number of methoxy groups -OCH3 is 1. The van der Waals surface area contributed by atoms with Crippen LogP contribution in [0.3, 0.4) is 0 Å². The molecule has 0 aliphatic carbocycles. The molecule has 0 aliphatic rings. The van der Waals surface area contributed by atoms with Crippen LogP contribution in [-0.2, 0) is 7.05 Å². The van der Waals surface area contributed by atoms with Gasteiger partial charge < -0.3 is 4.74 Å². The summed E-state index contributed by atoms with van der Waals surface area (Å²) in [6.07, 6.45) is 0. The second-order valence-electron chi connectivity index (χ2n) is 3.99. The van der Waals surface area contributed by atoms with Gasteiger partial charge in [0.2, 0.25) is 5.88 Å². The lowest BCUT2D eigenvalue weighted by Gasteiger charge is -2.04. The van der Waals surface area contributed by atoms with Crippen molar-refractivity contribution in [3.63, 3.8) is 0 Å². The Bertz CT molecular complexity index is 717. The van der Waals surface area contributed by atoms with Gasteiger partial charge in [-0.3, -0.25) is 4.68 Å². The number of hydrogen-bond acceptors (Lipinski definition) is 5. The van der Waals surface area contributed by atoms with E-state index in [0.717, 1.165) is 21.6 Å². The number of aryl methyl sites for hydroxylation is 2. The lowest BCUT2D eigenvalue weighted by Crippen LogP contribution is -1.99. The summed E-state index contributed by atoms with van der Waals surface area (Å²) < 4.78 is 8.08. The zero-order valence-corrected chi connectivity index (χ0v) is 13.2. The predicted octanol–water partition coefficient (Wildman–Crippen LogP) is 3.44. The van der Waals surface area contributed by atoms with Crippen molar-refractivity contribution in [3.8, 4) is 17.4 Å². The molecule has 0 unspecified atom stereocenters. The van der Waals surface area contributed by atoms with Gasteiger partial charge in [0.1, 0.15) is 10.4 Å². The van der Waals surface area contributed by atoms with Crippen molar-refractivity contribution in [1.29, 1.82) is 0 Å². The summed E-state index contributed by atoms with van der Waals surface area (Å²) in [7, 11) is 3.51. The van der Waals surface area contributed by atoms with E-state index in [4.69, 9.17) is 4.74 Å². The van der Waals surface area contributed by atoms with Crippen LogP contribution in [0, 0.1) is 6.92 Å². The van der Waals surface area contributed by atoms with Gasteiger partial charge in [-0.15, -0.1) is 11.3 Å². The fourth-order valence-corrected chi connectivity index (χ4v) is 2.71. The molecule has 6 heteroatoms. The highest BCUT2D eigenvalue weighted by Crippen LogP contribution is 2.30. The van der Waals surface area contributed by atoms with Crippen molar-refractivity contribution in [2.75, 3.05) is 7.11 Å². The average Bonchev–Trinajstić information content (AvgIpc) is 3.05. The fourth-order valence-electron chi connectivity index (χ4n) is 1.91. The van der Waals surface area contributed by atoms with Gasteiger partial charge in [0.05, 0.1) is 18.3 Å². The first-order chi connectivity index (χ1) is 9.69. The molecular formula is C14H18N4OS. The van der Waals surface area contributed by atoms with E-state index in [0.29, 0.717) is 11.7 Å². The van der Waals surface area contributed by atoms with Crippen molar-refractivity contribution < 1.29 is 4.74 Å². The molecule has 0 spiro atoms. The minimum atomic E-state index is 0.615. The third-order valence-electron chi connectivity index (χ3n) is 2.70. The molecule has 3 aromatic rings. The Morgan fingerprint density at radius 1 is 1.25 bits per heavy atom. The van der Waals surface area contributed by atoms with Crippen LogP contribution in [-0.4, -0.2) is 26.9 Å². The van der Waals surface area contributed by atoms with Crippen molar-refractivity contribution in [2.45, 2.75) is 20.8 Å². The molecule has 20 heavy (non-hydrogen) atoms. The largest absolute Gasteiger partial charge is 0.480 e. The zero-order chi connectivity index (χ0) is 14.7. The highest BCUT2D eigenvalue weighted by molar-refractivity contribution is 7.17. The molecule has 0 bridgehead atoms. The average molecular weight is 290 g/mol. The Labute approximate surface area is 122 Å². The fraction of sp³-hybridized carbons (Fsp3) is 0.357. The number of aromatic nitrogens is 4. The normalized spacial score (nSPS) is 10.2. The molecule has 3 heterocycles. The number of hydrogen-bond donors (Lipinski definition) is 0. The van der Waals surface area contributed by atoms with Gasteiger partial charge in [-0.25, -0.2) is 4.98 Å². The second kappa shape index (κ2) is 6.00. The van der Waals surface area contributed by atoms with Gasteiger partial charge in [0.15, 0.2) is 5.82 Å². The summed E-state index contributed by atoms with van der Waals surface area (Å²) in [4.78, 5) is 9.00. The molecule has 3 aromatic heterocycles. The van der Waals surface area contributed by atoms with Gasteiger partial charge >= 0.3 is 0 Å². The Kier molecular flexibility index (Phi) is 4.34. The highest BCUT2D eigenvalue weighted by Gasteiger charge is 2.13. The Morgan fingerprint density at radius 3 is 2.60 bits per heavy atom. The van der Waals surface area contributed by atoms with E-state index in [1.54, 1.807) is 23.1 Å². The zero-order valence-electron chi connectivity index (χ0n) is 12.3. The van der Waals surface area contributed by atoms with Crippen LogP contribution in [0.1, 0.15) is 19.5 Å². The Hall–Kier alpha value is -1.95. The molecule has 0 atom stereocenters. The molecule has 0 amide bonds. The maximum atomic E-state index is 5.32. The third-order valence-corrected chi connectivity index (χ3v) is 3.59. The molecule has 0 fully saturated rings. The van der Waals surface area contributed by atoms with Gasteiger partial charge in [0.25, 0.3) is 0 Å². The molecule has 0 saturated carbocycles. The van der Waals surface area contributed by atoms with Crippen LogP contribution < -0.4 is 4.74 Å². The van der Waals surface area contributed by atoms with Crippen LogP contribution >= 0.6 is 11.3 Å². The summed E-state index contributed by atoms with van der Waals surface area (Å²) >= 11 is 1.58. The minimum Gasteiger partial charge on any atom is -0.480 e. The Morgan fingerprint density at radius 2 is 2.00 bits per heavy atom. The van der Waals surface area contributed by atoms with Crippen molar-refractivity contribution in [3.05, 3.63) is 23.2 Å². The van der Waals surface area contributed by atoms with Crippen molar-refractivity contribution >= 4 is 21.6 Å². The Balaban J connectivity index is 0.000000704. The van der Waals surface area contributed by atoms with Gasteiger partial charge in [0, 0.05) is 7.05 Å². The predicted molar refractivity (Wildman–Crippen MR) is 82.3 cm³/mol. The first kappa shape index (κ1) is 14.5. The van der Waals surface area contributed by atoms with Crippen molar-refractivity contribution in [1.82, 2.24) is 19.7 Å². The molecule has 0 aromatic carbocycles. The first-order valence-electron chi connectivity index (χ1n) is 6.49. The first-order valence-corrected chi connectivity index (χ1v) is 7.37. The highest BCUT2D eigenvalue weighted by atomic mass is 32.1. The van der Waals surface area contributed by atoms with Crippen LogP contribution in [0.4, 0.5) is 0 Å². The van der Waals surface area contributed by atoms with E-state index < -0.39 is 0 Å².